The molecule has 2 rings (SSSR count). The van der Waals surface area contributed by atoms with Crippen LogP contribution in [-0.2, 0) is 6.54 Å². The fourth-order valence-electron chi connectivity index (χ4n) is 1.83. The molecule has 110 valence electrons. The van der Waals surface area contributed by atoms with Gasteiger partial charge in [0.15, 0.2) is 0 Å². The zero-order valence-corrected chi connectivity index (χ0v) is 14.3. The third-order valence-electron chi connectivity index (χ3n) is 2.76. The molecule has 0 heterocycles. The highest BCUT2D eigenvalue weighted by molar-refractivity contribution is 9.10. The molecular formula is C14H12Br2N2O3. The third kappa shape index (κ3) is 4.44. The number of anilines is 1. The van der Waals surface area contributed by atoms with Gasteiger partial charge in [-0.15, -0.1) is 0 Å². The van der Waals surface area contributed by atoms with E-state index in [0.29, 0.717) is 11.0 Å². The quantitative estimate of drug-likeness (QED) is 0.565. The fourth-order valence-corrected chi connectivity index (χ4v) is 2.83. The summed E-state index contributed by atoms with van der Waals surface area (Å²) in [7, 11) is 1.60. The number of ether oxygens (including phenoxy) is 1. The lowest BCUT2D eigenvalue weighted by molar-refractivity contribution is -0.385. The Hall–Kier alpha value is -1.60. The molecule has 0 saturated heterocycles. The van der Waals surface area contributed by atoms with Gasteiger partial charge in [0.05, 0.1) is 12.0 Å². The molecule has 0 saturated carbocycles. The van der Waals surface area contributed by atoms with Crippen molar-refractivity contribution in [2.75, 3.05) is 12.4 Å². The maximum absolute atomic E-state index is 10.8. The average molecular weight is 416 g/mol. The molecule has 7 heteroatoms. The smallest absolute Gasteiger partial charge is 0.270 e. The van der Waals surface area contributed by atoms with E-state index in [9.17, 15) is 10.1 Å². The van der Waals surface area contributed by atoms with Crippen LogP contribution >= 0.6 is 31.9 Å². The van der Waals surface area contributed by atoms with Crippen molar-refractivity contribution in [1.82, 2.24) is 0 Å². The van der Waals surface area contributed by atoms with Gasteiger partial charge >= 0.3 is 0 Å². The van der Waals surface area contributed by atoms with Gasteiger partial charge in [0.25, 0.3) is 5.69 Å². The second-order valence-corrected chi connectivity index (χ2v) is 6.14. The van der Waals surface area contributed by atoms with Crippen LogP contribution in [0.4, 0.5) is 11.4 Å². The van der Waals surface area contributed by atoms with Gasteiger partial charge in [0.2, 0.25) is 0 Å². The van der Waals surface area contributed by atoms with E-state index in [1.165, 1.54) is 6.07 Å². The van der Waals surface area contributed by atoms with Crippen molar-refractivity contribution < 1.29 is 9.66 Å². The fraction of sp³-hybridized carbons (Fsp3) is 0.143. The number of methoxy groups -OCH3 is 1. The standard InChI is InChI=1S/C14H12Br2N2O3/c1-21-14-6-11(16)4-12(7-14)17-8-9-2-10(15)5-13(3-9)18(19)20/h2-7,17H,8H2,1H3. The summed E-state index contributed by atoms with van der Waals surface area (Å²) in [4.78, 5) is 10.4. The predicted octanol–water partition coefficient (Wildman–Crippen LogP) is 4.74. The first-order chi connectivity index (χ1) is 9.97. The first kappa shape index (κ1) is 15.8. The summed E-state index contributed by atoms with van der Waals surface area (Å²) >= 11 is 6.69. The van der Waals surface area contributed by atoms with Crippen molar-refractivity contribution in [3.05, 3.63) is 61.0 Å². The number of hydrogen-bond donors (Lipinski definition) is 1. The molecule has 2 aromatic carbocycles. The van der Waals surface area contributed by atoms with Crippen LogP contribution in [-0.4, -0.2) is 12.0 Å². The van der Waals surface area contributed by atoms with Gasteiger partial charge < -0.3 is 10.1 Å². The number of nitrogens with one attached hydrogen (secondary N) is 1. The summed E-state index contributed by atoms with van der Waals surface area (Å²) in [6.45, 7) is 0.472. The van der Waals surface area contributed by atoms with E-state index >= 15 is 0 Å². The van der Waals surface area contributed by atoms with E-state index < -0.39 is 4.92 Å². The van der Waals surface area contributed by atoms with E-state index in [1.807, 2.05) is 24.3 Å². The summed E-state index contributed by atoms with van der Waals surface area (Å²) in [5, 5.41) is 14.1. The van der Waals surface area contributed by atoms with E-state index in [1.54, 1.807) is 13.2 Å². The van der Waals surface area contributed by atoms with Crippen molar-refractivity contribution in [2.45, 2.75) is 6.54 Å². The lowest BCUT2D eigenvalue weighted by Gasteiger charge is -2.09. The topological polar surface area (TPSA) is 64.4 Å². The molecule has 2 aromatic rings. The molecule has 5 nitrogen and oxygen atoms in total. The Morgan fingerprint density at radius 2 is 1.86 bits per heavy atom. The number of rotatable bonds is 5. The minimum Gasteiger partial charge on any atom is -0.497 e. The summed E-state index contributed by atoms with van der Waals surface area (Å²) in [6.07, 6.45) is 0. The number of benzene rings is 2. The average Bonchev–Trinajstić information content (AvgIpc) is 2.44. The van der Waals surface area contributed by atoms with Crippen molar-refractivity contribution in [3.63, 3.8) is 0 Å². The number of nitro benzene ring substituents is 1. The van der Waals surface area contributed by atoms with E-state index in [0.717, 1.165) is 21.5 Å². The largest absolute Gasteiger partial charge is 0.497 e. The van der Waals surface area contributed by atoms with Gasteiger partial charge in [-0.05, 0) is 23.8 Å². The Bertz CT molecular complexity index is 677. The van der Waals surface area contributed by atoms with Crippen LogP contribution in [0.25, 0.3) is 0 Å². The van der Waals surface area contributed by atoms with Gasteiger partial charge in [-0.2, -0.15) is 0 Å². The molecule has 0 spiro atoms. The monoisotopic (exact) mass is 414 g/mol. The molecule has 0 atom stereocenters. The number of non-ortho nitro benzene ring substituents is 1. The Kier molecular flexibility index (Phi) is 5.19. The van der Waals surface area contributed by atoms with Crippen LogP contribution in [0.3, 0.4) is 0 Å². The van der Waals surface area contributed by atoms with Crippen molar-refractivity contribution in [3.8, 4) is 5.75 Å². The maximum Gasteiger partial charge on any atom is 0.270 e. The molecule has 1 N–H and O–H groups in total. The van der Waals surface area contributed by atoms with E-state index in [-0.39, 0.29) is 5.69 Å². The first-order valence-corrected chi connectivity index (χ1v) is 7.59. The lowest BCUT2D eigenvalue weighted by Crippen LogP contribution is -2.01. The highest BCUT2D eigenvalue weighted by Crippen LogP contribution is 2.26. The normalized spacial score (nSPS) is 10.2. The van der Waals surface area contributed by atoms with Gasteiger partial charge in [-0.3, -0.25) is 10.1 Å². The molecule has 0 amide bonds. The maximum atomic E-state index is 10.8. The highest BCUT2D eigenvalue weighted by Gasteiger charge is 2.09. The van der Waals surface area contributed by atoms with Crippen molar-refractivity contribution in [1.29, 1.82) is 0 Å². The van der Waals surface area contributed by atoms with Crippen LogP contribution in [0.2, 0.25) is 0 Å². The van der Waals surface area contributed by atoms with Crippen molar-refractivity contribution in [2.24, 2.45) is 0 Å². The lowest BCUT2D eigenvalue weighted by atomic mass is 10.2. The Balaban J connectivity index is 2.16. The minimum absolute atomic E-state index is 0.0630. The molecule has 0 aromatic heterocycles. The number of nitrogens with zero attached hydrogens (tertiary/aromatic N) is 1. The minimum atomic E-state index is -0.406. The van der Waals surface area contributed by atoms with E-state index in [4.69, 9.17) is 4.74 Å². The Labute approximate surface area is 138 Å². The second-order valence-electron chi connectivity index (χ2n) is 4.31. The van der Waals surface area contributed by atoms with Crippen LogP contribution in [0, 0.1) is 10.1 Å². The van der Waals surface area contributed by atoms with Crippen LogP contribution < -0.4 is 10.1 Å². The molecule has 0 aliphatic heterocycles. The molecular weight excluding hydrogens is 404 g/mol. The molecule has 0 radical (unpaired) electrons. The zero-order chi connectivity index (χ0) is 15.4. The molecule has 0 aliphatic carbocycles. The van der Waals surface area contributed by atoms with Crippen LogP contribution in [0.1, 0.15) is 5.56 Å². The summed E-state index contributed by atoms with van der Waals surface area (Å²) < 4.78 is 6.76. The molecule has 0 fully saturated rings. The summed E-state index contributed by atoms with van der Waals surface area (Å²) in [6, 6.07) is 10.5. The second kappa shape index (κ2) is 6.91. The summed E-state index contributed by atoms with van der Waals surface area (Å²) in [5.41, 5.74) is 1.74. The zero-order valence-electron chi connectivity index (χ0n) is 11.1. The number of halogens is 2. The highest BCUT2D eigenvalue weighted by atomic mass is 79.9. The van der Waals surface area contributed by atoms with Gasteiger partial charge in [0.1, 0.15) is 5.75 Å². The Morgan fingerprint density at radius 3 is 2.52 bits per heavy atom. The SMILES string of the molecule is COc1cc(Br)cc(NCc2cc(Br)cc([N+](=O)[O-])c2)c1. The summed E-state index contributed by atoms with van der Waals surface area (Å²) in [5.74, 6) is 0.729. The molecule has 21 heavy (non-hydrogen) atoms. The van der Waals surface area contributed by atoms with Crippen molar-refractivity contribution >= 4 is 43.2 Å². The van der Waals surface area contributed by atoms with Gasteiger partial charge in [0, 0.05) is 39.4 Å². The van der Waals surface area contributed by atoms with E-state index in [2.05, 4.69) is 37.2 Å². The van der Waals surface area contributed by atoms with Gasteiger partial charge in [-0.1, -0.05) is 31.9 Å². The molecule has 0 bridgehead atoms. The van der Waals surface area contributed by atoms with Gasteiger partial charge in [-0.25, -0.2) is 0 Å². The Morgan fingerprint density at radius 1 is 1.14 bits per heavy atom. The third-order valence-corrected chi connectivity index (χ3v) is 3.67. The number of hydrogen-bond acceptors (Lipinski definition) is 4. The molecule has 0 aliphatic rings. The molecule has 0 unspecified atom stereocenters. The van der Waals surface area contributed by atoms with Crippen LogP contribution in [0.15, 0.2) is 45.3 Å². The predicted molar refractivity (Wildman–Crippen MR) is 88.8 cm³/mol. The first-order valence-electron chi connectivity index (χ1n) is 6.00. The van der Waals surface area contributed by atoms with Crippen LogP contribution in [0.5, 0.6) is 5.75 Å². The number of nitro groups is 1.